The second-order valence-electron chi connectivity index (χ2n) is 9.74. The Morgan fingerprint density at radius 3 is 2.26 bits per heavy atom. The Bertz CT molecular complexity index is 769. The van der Waals surface area contributed by atoms with Crippen molar-refractivity contribution in [3.05, 3.63) is 70.3 Å². The molecule has 1 aliphatic rings. The molecule has 0 spiro atoms. The number of hydrogen-bond acceptors (Lipinski definition) is 1. The molecule has 2 aromatic carbocycles. The van der Waals surface area contributed by atoms with Crippen LogP contribution in [-0.4, -0.2) is 0 Å². The molecule has 0 radical (unpaired) electrons. The van der Waals surface area contributed by atoms with Crippen molar-refractivity contribution in [1.82, 2.24) is 0 Å². The highest BCUT2D eigenvalue weighted by atomic mass is 14.5. The van der Waals surface area contributed by atoms with Crippen molar-refractivity contribution in [2.45, 2.75) is 72.8 Å². The van der Waals surface area contributed by atoms with Crippen LogP contribution in [0.15, 0.2) is 42.5 Å². The van der Waals surface area contributed by atoms with Crippen LogP contribution >= 0.6 is 0 Å². The summed E-state index contributed by atoms with van der Waals surface area (Å²) >= 11 is 0. The maximum Gasteiger partial charge on any atom is 0.0178 e. The van der Waals surface area contributed by atoms with Gasteiger partial charge in [-0.3, -0.25) is 0 Å². The van der Waals surface area contributed by atoms with E-state index in [4.69, 9.17) is 5.73 Å². The van der Waals surface area contributed by atoms with Crippen molar-refractivity contribution in [2.75, 3.05) is 0 Å². The molecular formula is C26H37N. The van der Waals surface area contributed by atoms with Gasteiger partial charge in [0.15, 0.2) is 0 Å². The third-order valence-electron chi connectivity index (χ3n) is 6.97. The molecule has 1 saturated carbocycles. The lowest BCUT2D eigenvalue weighted by molar-refractivity contribution is 0.0581. The molecular weight excluding hydrogens is 326 g/mol. The summed E-state index contributed by atoms with van der Waals surface area (Å²) in [6, 6.07) is 16.2. The molecule has 0 heterocycles. The zero-order valence-corrected chi connectivity index (χ0v) is 18.0. The van der Waals surface area contributed by atoms with Crippen molar-refractivity contribution < 1.29 is 0 Å². The normalized spacial score (nSPS) is 25.0. The minimum Gasteiger partial charge on any atom is -0.326 e. The molecule has 0 aromatic heterocycles. The summed E-state index contributed by atoms with van der Waals surface area (Å²) in [5, 5.41) is 0. The summed E-state index contributed by atoms with van der Waals surface area (Å²) in [4.78, 5) is 0. The van der Waals surface area contributed by atoms with E-state index in [0.29, 0.717) is 35.6 Å². The molecule has 27 heavy (non-hydrogen) atoms. The third kappa shape index (κ3) is 3.99. The van der Waals surface area contributed by atoms with Gasteiger partial charge in [0.25, 0.3) is 0 Å². The van der Waals surface area contributed by atoms with Crippen molar-refractivity contribution in [1.29, 1.82) is 0 Å². The van der Waals surface area contributed by atoms with Crippen molar-refractivity contribution >= 4 is 0 Å². The number of aryl methyl sites for hydroxylation is 2. The fourth-order valence-corrected chi connectivity index (χ4v) is 5.79. The first kappa shape index (κ1) is 20.1. The second-order valence-corrected chi connectivity index (χ2v) is 9.74. The Morgan fingerprint density at radius 1 is 1.04 bits per heavy atom. The van der Waals surface area contributed by atoms with E-state index < -0.39 is 0 Å². The van der Waals surface area contributed by atoms with Crippen LogP contribution in [0.25, 0.3) is 0 Å². The zero-order chi connectivity index (χ0) is 19.8. The van der Waals surface area contributed by atoms with Gasteiger partial charge >= 0.3 is 0 Å². The fraction of sp³-hybridized carbons (Fsp3) is 0.538. The van der Waals surface area contributed by atoms with Crippen LogP contribution in [-0.2, 0) is 6.54 Å². The molecule has 0 aliphatic heterocycles. The predicted octanol–water partition coefficient (Wildman–Crippen LogP) is 6.72. The molecule has 3 rings (SSSR count). The maximum atomic E-state index is 5.88. The Morgan fingerprint density at radius 2 is 1.70 bits per heavy atom. The van der Waals surface area contributed by atoms with E-state index in [2.05, 4.69) is 84.0 Å². The SMILES string of the molecule is Cc1ccc(C2C(c3ccc(CN)cc3C)CCC(C)(C)C2C(C)C)cc1. The molecule has 146 valence electrons. The Hall–Kier alpha value is -1.60. The van der Waals surface area contributed by atoms with Crippen LogP contribution in [0.5, 0.6) is 0 Å². The maximum absolute atomic E-state index is 5.88. The average Bonchev–Trinajstić information content (AvgIpc) is 2.61. The largest absolute Gasteiger partial charge is 0.326 e. The van der Waals surface area contributed by atoms with Gasteiger partial charge in [-0.15, -0.1) is 0 Å². The highest BCUT2D eigenvalue weighted by Crippen LogP contribution is 2.57. The summed E-state index contributed by atoms with van der Waals surface area (Å²) in [5.74, 6) is 2.49. The molecule has 1 aliphatic carbocycles. The summed E-state index contributed by atoms with van der Waals surface area (Å²) in [6.45, 7) is 14.9. The van der Waals surface area contributed by atoms with Crippen LogP contribution < -0.4 is 5.73 Å². The highest BCUT2D eigenvalue weighted by Gasteiger charge is 2.46. The van der Waals surface area contributed by atoms with E-state index >= 15 is 0 Å². The van der Waals surface area contributed by atoms with Crippen LogP contribution in [0.2, 0.25) is 0 Å². The first-order chi connectivity index (χ1) is 12.7. The topological polar surface area (TPSA) is 26.0 Å². The summed E-state index contributed by atoms with van der Waals surface area (Å²) in [5.41, 5.74) is 13.3. The monoisotopic (exact) mass is 363 g/mol. The van der Waals surface area contributed by atoms with Gasteiger partial charge in [-0.2, -0.15) is 0 Å². The molecule has 0 saturated heterocycles. The Kier molecular flexibility index (Phi) is 5.82. The summed E-state index contributed by atoms with van der Waals surface area (Å²) in [6.07, 6.45) is 2.55. The Balaban J connectivity index is 2.12. The van der Waals surface area contributed by atoms with E-state index in [1.807, 2.05) is 0 Å². The van der Waals surface area contributed by atoms with Crippen LogP contribution in [0, 0.1) is 31.1 Å². The first-order valence-corrected chi connectivity index (χ1v) is 10.6. The van der Waals surface area contributed by atoms with Crippen molar-refractivity contribution in [2.24, 2.45) is 23.0 Å². The molecule has 3 atom stereocenters. The van der Waals surface area contributed by atoms with Gasteiger partial charge in [0.1, 0.15) is 0 Å². The molecule has 2 N–H and O–H groups in total. The van der Waals surface area contributed by atoms with E-state index in [1.54, 1.807) is 0 Å². The van der Waals surface area contributed by atoms with Gasteiger partial charge in [-0.1, -0.05) is 75.7 Å². The molecule has 0 amide bonds. The van der Waals surface area contributed by atoms with Gasteiger partial charge < -0.3 is 5.73 Å². The van der Waals surface area contributed by atoms with E-state index in [9.17, 15) is 0 Å². The summed E-state index contributed by atoms with van der Waals surface area (Å²) in [7, 11) is 0. The lowest BCUT2D eigenvalue weighted by atomic mass is 9.53. The lowest BCUT2D eigenvalue weighted by Crippen LogP contribution is -2.40. The Labute approximate surface area is 166 Å². The predicted molar refractivity (Wildman–Crippen MR) is 117 cm³/mol. The van der Waals surface area contributed by atoms with E-state index in [0.717, 1.165) is 0 Å². The number of rotatable bonds is 4. The number of benzene rings is 2. The first-order valence-electron chi connectivity index (χ1n) is 10.6. The van der Waals surface area contributed by atoms with Gasteiger partial charge in [0, 0.05) is 6.54 Å². The van der Waals surface area contributed by atoms with Gasteiger partial charge in [-0.05, 0) is 78.0 Å². The zero-order valence-electron chi connectivity index (χ0n) is 18.0. The third-order valence-corrected chi connectivity index (χ3v) is 6.97. The van der Waals surface area contributed by atoms with Crippen LogP contribution in [0.4, 0.5) is 0 Å². The molecule has 2 aromatic rings. The number of nitrogens with two attached hydrogens (primary N) is 1. The van der Waals surface area contributed by atoms with Gasteiger partial charge in [0.2, 0.25) is 0 Å². The smallest absolute Gasteiger partial charge is 0.0178 e. The minimum atomic E-state index is 0.366. The molecule has 0 bridgehead atoms. The van der Waals surface area contributed by atoms with Gasteiger partial charge in [-0.25, -0.2) is 0 Å². The fourth-order valence-electron chi connectivity index (χ4n) is 5.79. The summed E-state index contributed by atoms with van der Waals surface area (Å²) < 4.78 is 0. The lowest BCUT2D eigenvalue weighted by Gasteiger charge is -2.51. The van der Waals surface area contributed by atoms with Crippen LogP contribution in [0.1, 0.15) is 80.2 Å². The van der Waals surface area contributed by atoms with E-state index in [-0.39, 0.29) is 0 Å². The van der Waals surface area contributed by atoms with Crippen molar-refractivity contribution in [3.8, 4) is 0 Å². The molecule has 3 unspecified atom stereocenters. The van der Waals surface area contributed by atoms with E-state index in [1.165, 1.54) is 40.7 Å². The van der Waals surface area contributed by atoms with Crippen LogP contribution in [0.3, 0.4) is 0 Å². The quantitative estimate of drug-likeness (QED) is 0.641. The minimum absolute atomic E-state index is 0.366. The second kappa shape index (κ2) is 7.80. The number of hydrogen-bond donors (Lipinski definition) is 1. The highest BCUT2D eigenvalue weighted by molar-refractivity contribution is 5.38. The standard InChI is InChI=1S/C26H37N/c1-17(2)25-24(21-10-7-18(3)8-11-21)23(13-14-26(25,5)6)22-12-9-20(16-27)15-19(22)4/h7-12,15,17,23-25H,13-14,16,27H2,1-6H3. The molecule has 1 nitrogen and oxygen atoms in total. The molecule has 1 heteroatoms. The average molecular weight is 364 g/mol. The van der Waals surface area contributed by atoms with Crippen molar-refractivity contribution in [3.63, 3.8) is 0 Å². The van der Waals surface area contributed by atoms with Gasteiger partial charge in [0.05, 0.1) is 0 Å². The molecule has 1 fully saturated rings.